The molecule has 1 spiro atoms. The van der Waals surface area contributed by atoms with Crippen molar-refractivity contribution in [3.05, 3.63) is 35.9 Å². The first kappa shape index (κ1) is 17.8. The van der Waals surface area contributed by atoms with E-state index in [0.717, 1.165) is 12.0 Å². The van der Waals surface area contributed by atoms with E-state index in [1.54, 1.807) is 16.7 Å². The minimum absolute atomic E-state index is 0.0911. The summed E-state index contributed by atoms with van der Waals surface area (Å²) in [5.41, 5.74) is -0.318. The van der Waals surface area contributed by atoms with Crippen LogP contribution in [-0.4, -0.2) is 58.6 Å². The second kappa shape index (κ2) is 6.55. The zero-order valence-electron chi connectivity index (χ0n) is 15.6. The quantitative estimate of drug-likeness (QED) is 0.815. The van der Waals surface area contributed by atoms with Crippen molar-refractivity contribution < 1.29 is 23.9 Å². The fraction of sp³-hybridized carbons (Fsp3) is 0.550. The summed E-state index contributed by atoms with van der Waals surface area (Å²) in [4.78, 5) is 41.4. The van der Waals surface area contributed by atoms with Gasteiger partial charge in [-0.25, -0.2) is 9.59 Å². The lowest BCUT2D eigenvalue weighted by atomic mass is 9.83. The molecule has 27 heavy (non-hydrogen) atoms. The molecular weight excluding hydrogens is 348 g/mol. The highest BCUT2D eigenvalue weighted by molar-refractivity contribution is 5.96. The number of hydrogen-bond donors (Lipinski definition) is 0. The molecule has 0 saturated carbocycles. The number of ether oxygens (including phenoxy) is 2. The van der Waals surface area contributed by atoms with Crippen molar-refractivity contribution >= 4 is 18.0 Å². The average Bonchev–Trinajstić information content (AvgIpc) is 3.20. The van der Waals surface area contributed by atoms with Crippen molar-refractivity contribution in [1.29, 1.82) is 0 Å². The molecule has 3 saturated heterocycles. The van der Waals surface area contributed by atoms with Gasteiger partial charge in [0.2, 0.25) is 5.60 Å². The Labute approximate surface area is 158 Å². The van der Waals surface area contributed by atoms with Gasteiger partial charge in [-0.15, -0.1) is 0 Å². The molecule has 0 radical (unpaired) electrons. The minimum atomic E-state index is -1.29. The zero-order valence-corrected chi connectivity index (χ0v) is 15.6. The van der Waals surface area contributed by atoms with Crippen LogP contribution >= 0.6 is 0 Å². The lowest BCUT2D eigenvalue weighted by Gasteiger charge is -2.43. The standard InChI is InChI=1S/C20H24N2O5/c1-3-26-19(25)22-15-9-10-16(22)20(17(23)11-15)12-21(18(24)27-20)13(2)14-7-5-4-6-8-14/h4-8,13,15-16H,3,9-12H2,1-2H3/t13-,15-,16+,20+/m0/s1. The van der Waals surface area contributed by atoms with Gasteiger partial charge in [0.1, 0.15) is 0 Å². The van der Waals surface area contributed by atoms with Gasteiger partial charge in [-0.3, -0.25) is 14.6 Å². The lowest BCUT2D eigenvalue weighted by molar-refractivity contribution is -0.145. The van der Waals surface area contributed by atoms with Gasteiger partial charge in [-0.05, 0) is 32.3 Å². The molecule has 144 valence electrons. The van der Waals surface area contributed by atoms with Crippen LogP contribution in [0.5, 0.6) is 0 Å². The summed E-state index contributed by atoms with van der Waals surface area (Å²) in [6.07, 6.45) is 0.631. The molecule has 0 N–H and O–H groups in total. The summed E-state index contributed by atoms with van der Waals surface area (Å²) in [5, 5.41) is 0. The maximum Gasteiger partial charge on any atom is 0.411 e. The van der Waals surface area contributed by atoms with E-state index in [1.165, 1.54) is 0 Å². The van der Waals surface area contributed by atoms with Crippen molar-refractivity contribution in [2.24, 2.45) is 0 Å². The molecule has 3 aliphatic heterocycles. The van der Waals surface area contributed by atoms with Gasteiger partial charge in [0.15, 0.2) is 5.78 Å². The van der Waals surface area contributed by atoms with Gasteiger partial charge in [0.05, 0.1) is 25.2 Å². The Bertz CT molecular complexity index is 767. The molecule has 0 unspecified atom stereocenters. The molecule has 2 amide bonds. The molecule has 3 fully saturated rings. The number of hydrogen-bond acceptors (Lipinski definition) is 5. The van der Waals surface area contributed by atoms with Gasteiger partial charge in [-0.1, -0.05) is 30.3 Å². The molecule has 3 aliphatic rings. The van der Waals surface area contributed by atoms with Crippen molar-refractivity contribution in [3.8, 4) is 0 Å². The number of ketones is 1. The van der Waals surface area contributed by atoms with Gasteiger partial charge < -0.3 is 9.47 Å². The van der Waals surface area contributed by atoms with Crippen molar-refractivity contribution in [3.63, 3.8) is 0 Å². The smallest absolute Gasteiger partial charge is 0.411 e. The molecule has 1 aromatic carbocycles. The molecule has 4 rings (SSSR count). The summed E-state index contributed by atoms with van der Waals surface area (Å²) >= 11 is 0. The van der Waals surface area contributed by atoms with E-state index in [9.17, 15) is 14.4 Å². The number of Topliss-reactive ketones (excluding diaryl/α,β-unsaturated/α-hetero) is 1. The number of nitrogens with zero attached hydrogens (tertiary/aromatic N) is 2. The molecule has 0 aliphatic carbocycles. The second-order valence-electron chi connectivity index (χ2n) is 7.45. The van der Waals surface area contributed by atoms with Gasteiger partial charge in [0.25, 0.3) is 0 Å². The highest BCUT2D eigenvalue weighted by atomic mass is 16.6. The number of amides is 2. The Morgan fingerprint density at radius 3 is 2.74 bits per heavy atom. The summed E-state index contributed by atoms with van der Waals surface area (Å²) in [7, 11) is 0. The zero-order chi connectivity index (χ0) is 19.2. The first-order valence-corrected chi connectivity index (χ1v) is 9.51. The Morgan fingerprint density at radius 2 is 2.04 bits per heavy atom. The van der Waals surface area contributed by atoms with Crippen LogP contribution in [-0.2, 0) is 14.3 Å². The molecule has 7 heteroatoms. The number of fused-ring (bicyclic) bond motifs is 3. The molecule has 2 bridgehead atoms. The molecule has 7 nitrogen and oxygen atoms in total. The van der Waals surface area contributed by atoms with Crippen molar-refractivity contribution in [2.75, 3.05) is 13.2 Å². The first-order valence-electron chi connectivity index (χ1n) is 9.51. The Hall–Kier alpha value is -2.57. The van der Waals surface area contributed by atoms with Crippen LogP contribution in [0.25, 0.3) is 0 Å². The summed E-state index contributed by atoms with van der Waals surface area (Å²) in [6.45, 7) is 4.10. The highest BCUT2D eigenvalue weighted by Crippen LogP contribution is 2.46. The molecule has 3 heterocycles. The Kier molecular flexibility index (Phi) is 4.32. The van der Waals surface area contributed by atoms with Crippen LogP contribution in [0.15, 0.2) is 30.3 Å². The second-order valence-corrected chi connectivity index (χ2v) is 7.45. The predicted molar refractivity (Wildman–Crippen MR) is 96.1 cm³/mol. The van der Waals surface area contributed by atoms with Crippen LogP contribution in [0.2, 0.25) is 0 Å². The van der Waals surface area contributed by atoms with Crippen LogP contribution < -0.4 is 0 Å². The highest BCUT2D eigenvalue weighted by Gasteiger charge is 2.65. The van der Waals surface area contributed by atoms with Crippen molar-refractivity contribution in [1.82, 2.24) is 9.80 Å². The van der Waals surface area contributed by atoms with E-state index in [-0.39, 0.29) is 37.4 Å². The maximum atomic E-state index is 13.0. The molecule has 4 atom stereocenters. The number of rotatable bonds is 3. The van der Waals surface area contributed by atoms with E-state index in [2.05, 4.69) is 0 Å². The summed E-state index contributed by atoms with van der Waals surface area (Å²) in [6, 6.07) is 8.80. The van der Waals surface area contributed by atoms with Crippen LogP contribution in [0.3, 0.4) is 0 Å². The van der Waals surface area contributed by atoms with Crippen LogP contribution in [0, 0.1) is 0 Å². The van der Waals surface area contributed by atoms with Crippen LogP contribution in [0.4, 0.5) is 9.59 Å². The van der Waals surface area contributed by atoms with Gasteiger partial charge >= 0.3 is 12.2 Å². The first-order chi connectivity index (χ1) is 13.0. The largest absolute Gasteiger partial charge is 0.450 e. The predicted octanol–water partition coefficient (Wildman–Crippen LogP) is 2.90. The van der Waals surface area contributed by atoms with Gasteiger partial charge in [0, 0.05) is 12.5 Å². The number of benzene rings is 1. The maximum absolute atomic E-state index is 13.0. The SMILES string of the molecule is CCOC(=O)N1[C@H]2CC[C@@H]1[C@]1(CN([C@@H](C)c3ccccc3)C(=O)O1)C(=O)C2. The Morgan fingerprint density at radius 1 is 1.30 bits per heavy atom. The van der Waals surface area contributed by atoms with E-state index in [4.69, 9.17) is 9.47 Å². The molecule has 1 aromatic rings. The van der Waals surface area contributed by atoms with Crippen molar-refractivity contribution in [2.45, 2.75) is 56.8 Å². The molecular formula is C20H24N2O5. The number of carbonyl (C=O) groups excluding carboxylic acids is 3. The third kappa shape index (κ3) is 2.67. The fourth-order valence-corrected chi connectivity index (χ4v) is 4.68. The number of carbonyl (C=O) groups is 3. The molecule has 0 aromatic heterocycles. The van der Waals surface area contributed by atoms with E-state index in [0.29, 0.717) is 6.42 Å². The van der Waals surface area contributed by atoms with Crippen LogP contribution in [0.1, 0.15) is 44.7 Å². The summed E-state index contributed by atoms with van der Waals surface area (Å²) < 4.78 is 10.9. The monoisotopic (exact) mass is 372 g/mol. The third-order valence-corrected chi connectivity index (χ3v) is 6.07. The number of piperidine rings is 1. The normalized spacial score (nSPS) is 30.6. The average molecular weight is 372 g/mol. The van der Waals surface area contributed by atoms with E-state index in [1.807, 2.05) is 37.3 Å². The minimum Gasteiger partial charge on any atom is -0.450 e. The Balaban J connectivity index is 1.63. The topological polar surface area (TPSA) is 76.2 Å². The van der Waals surface area contributed by atoms with E-state index >= 15 is 0 Å². The third-order valence-electron chi connectivity index (χ3n) is 6.07. The lowest BCUT2D eigenvalue weighted by Crippen LogP contribution is -2.64. The van der Waals surface area contributed by atoms with Gasteiger partial charge in [-0.2, -0.15) is 0 Å². The summed E-state index contributed by atoms with van der Waals surface area (Å²) in [5.74, 6) is -0.0911. The fourth-order valence-electron chi connectivity index (χ4n) is 4.68. The van der Waals surface area contributed by atoms with E-state index < -0.39 is 23.8 Å².